The van der Waals surface area contributed by atoms with Gasteiger partial charge in [0.25, 0.3) is 5.91 Å². The van der Waals surface area contributed by atoms with Crippen LogP contribution in [0.25, 0.3) is 10.9 Å². The molecule has 3 fully saturated rings. The topological polar surface area (TPSA) is 82.9 Å². The summed E-state index contributed by atoms with van der Waals surface area (Å²) in [5, 5.41) is 19.8. The standard InChI is InChI=1S/C27H41N5O3/c1-18(2)32-25-9-5-4-8-24(25)26(29-32)27(34)28-19-13-20-10-11-21(14-19)31(20)16-23(33)15-30-12-6-7-22(30)17-35-3/h4-5,8-9,18-23,33H,6-7,10-17H2,1-3H3,(H,28,34)/t20-,21-,22-,23?/m0/s1. The number of hydrogen-bond acceptors (Lipinski definition) is 6. The predicted molar refractivity (Wildman–Crippen MR) is 137 cm³/mol. The number of nitrogens with one attached hydrogen (secondary N) is 1. The van der Waals surface area contributed by atoms with Gasteiger partial charge in [-0.1, -0.05) is 18.2 Å². The van der Waals surface area contributed by atoms with Crippen molar-refractivity contribution in [2.75, 3.05) is 33.4 Å². The number of methoxy groups -OCH3 is 1. The average Bonchev–Trinajstić information content (AvgIpc) is 3.49. The smallest absolute Gasteiger partial charge is 0.272 e. The molecule has 3 aliphatic heterocycles. The number of para-hydroxylation sites is 1. The van der Waals surface area contributed by atoms with Crippen LogP contribution in [0.4, 0.5) is 0 Å². The largest absolute Gasteiger partial charge is 0.390 e. The van der Waals surface area contributed by atoms with Crippen LogP contribution >= 0.6 is 0 Å². The van der Waals surface area contributed by atoms with Gasteiger partial charge in [0, 0.05) is 55.8 Å². The molecular weight excluding hydrogens is 442 g/mol. The number of carbonyl (C=O) groups excluding carboxylic acids is 1. The molecule has 3 saturated heterocycles. The van der Waals surface area contributed by atoms with E-state index in [1.54, 1.807) is 7.11 Å². The van der Waals surface area contributed by atoms with Crippen LogP contribution in [-0.2, 0) is 4.74 Å². The number of likely N-dealkylation sites (tertiary alicyclic amines) is 1. The summed E-state index contributed by atoms with van der Waals surface area (Å²) in [6.45, 7) is 7.40. The summed E-state index contributed by atoms with van der Waals surface area (Å²) >= 11 is 0. The number of piperidine rings is 1. The van der Waals surface area contributed by atoms with Crippen molar-refractivity contribution in [1.82, 2.24) is 24.9 Å². The molecule has 8 heteroatoms. The fraction of sp³-hybridized carbons (Fsp3) is 0.704. The fourth-order valence-electron chi connectivity index (χ4n) is 6.68. The Morgan fingerprint density at radius 2 is 1.91 bits per heavy atom. The van der Waals surface area contributed by atoms with Crippen LogP contribution in [0, 0.1) is 0 Å². The maximum Gasteiger partial charge on any atom is 0.272 e. The highest BCUT2D eigenvalue weighted by atomic mass is 16.5. The SMILES string of the molecule is COC[C@@H]1CCCN1CC(O)CN1[C@H]2CC[C@H]1CC(NC(=O)c1nn(C(C)C)c3ccccc13)C2. The lowest BCUT2D eigenvalue weighted by molar-refractivity contribution is 0.0227. The van der Waals surface area contributed by atoms with Crippen molar-refractivity contribution in [3.8, 4) is 0 Å². The van der Waals surface area contributed by atoms with E-state index in [0.29, 0.717) is 23.8 Å². The van der Waals surface area contributed by atoms with Crippen molar-refractivity contribution in [2.24, 2.45) is 0 Å². The third kappa shape index (κ3) is 5.12. The Balaban J connectivity index is 1.19. The molecule has 2 aromatic rings. The summed E-state index contributed by atoms with van der Waals surface area (Å²) in [5.41, 5.74) is 1.53. The van der Waals surface area contributed by atoms with Gasteiger partial charge < -0.3 is 15.2 Å². The van der Waals surface area contributed by atoms with Gasteiger partial charge in [0.2, 0.25) is 0 Å². The van der Waals surface area contributed by atoms with Crippen molar-refractivity contribution in [2.45, 2.75) is 88.7 Å². The van der Waals surface area contributed by atoms with Crippen LogP contribution in [0.15, 0.2) is 24.3 Å². The third-order valence-electron chi connectivity index (χ3n) is 8.26. The minimum Gasteiger partial charge on any atom is -0.390 e. The number of nitrogens with zero attached hydrogens (tertiary/aromatic N) is 4. The second kappa shape index (κ2) is 10.5. The molecular formula is C27H41N5O3. The Morgan fingerprint density at radius 1 is 1.17 bits per heavy atom. The van der Waals surface area contributed by atoms with Gasteiger partial charge in [-0.3, -0.25) is 19.3 Å². The monoisotopic (exact) mass is 483 g/mol. The highest BCUT2D eigenvalue weighted by Crippen LogP contribution is 2.36. The van der Waals surface area contributed by atoms with Crippen molar-refractivity contribution >= 4 is 16.8 Å². The molecule has 1 unspecified atom stereocenters. The number of amides is 1. The van der Waals surface area contributed by atoms with E-state index < -0.39 is 0 Å². The zero-order valence-corrected chi connectivity index (χ0v) is 21.4. The van der Waals surface area contributed by atoms with Gasteiger partial charge in [0.05, 0.1) is 18.2 Å². The summed E-state index contributed by atoms with van der Waals surface area (Å²) in [6, 6.07) is 9.60. The van der Waals surface area contributed by atoms with Crippen LogP contribution in [0.3, 0.4) is 0 Å². The third-order valence-corrected chi connectivity index (χ3v) is 8.26. The highest BCUT2D eigenvalue weighted by molar-refractivity contribution is 6.05. The van der Waals surface area contributed by atoms with Crippen LogP contribution in [0.2, 0.25) is 0 Å². The van der Waals surface area contributed by atoms with Crippen LogP contribution in [0.5, 0.6) is 0 Å². The molecule has 1 aromatic heterocycles. The number of benzene rings is 1. The Hall–Kier alpha value is -2.00. The second-order valence-corrected chi connectivity index (χ2v) is 11.0. The molecule has 3 aliphatic rings. The number of hydrogen-bond donors (Lipinski definition) is 2. The van der Waals surface area contributed by atoms with E-state index in [2.05, 4.69) is 34.1 Å². The van der Waals surface area contributed by atoms with Gasteiger partial charge in [-0.05, 0) is 65.0 Å². The van der Waals surface area contributed by atoms with Gasteiger partial charge in [-0.2, -0.15) is 5.10 Å². The molecule has 0 saturated carbocycles. The fourth-order valence-corrected chi connectivity index (χ4v) is 6.68. The molecule has 0 radical (unpaired) electrons. The van der Waals surface area contributed by atoms with Gasteiger partial charge in [-0.25, -0.2) is 0 Å². The van der Waals surface area contributed by atoms with Gasteiger partial charge in [-0.15, -0.1) is 0 Å². The Bertz CT molecular complexity index is 1010. The average molecular weight is 484 g/mol. The van der Waals surface area contributed by atoms with E-state index in [-0.39, 0.29) is 24.1 Å². The van der Waals surface area contributed by atoms with Crippen molar-refractivity contribution in [3.05, 3.63) is 30.0 Å². The number of aromatic nitrogens is 2. The minimum atomic E-state index is -0.354. The van der Waals surface area contributed by atoms with E-state index >= 15 is 0 Å². The van der Waals surface area contributed by atoms with Crippen molar-refractivity contribution in [3.63, 3.8) is 0 Å². The molecule has 4 heterocycles. The molecule has 1 amide bonds. The van der Waals surface area contributed by atoms with Crippen LogP contribution < -0.4 is 5.32 Å². The zero-order valence-electron chi connectivity index (χ0n) is 21.4. The van der Waals surface area contributed by atoms with Gasteiger partial charge >= 0.3 is 0 Å². The predicted octanol–water partition coefficient (Wildman–Crippen LogP) is 2.81. The lowest BCUT2D eigenvalue weighted by Crippen LogP contribution is -2.53. The number of fused-ring (bicyclic) bond motifs is 3. The molecule has 5 rings (SSSR count). The maximum atomic E-state index is 13.3. The number of aliphatic hydroxyl groups excluding tert-OH is 1. The Kier molecular flexibility index (Phi) is 7.44. The normalized spacial score (nSPS) is 28.3. The Labute approximate surface area is 208 Å². The number of rotatable bonds is 9. The summed E-state index contributed by atoms with van der Waals surface area (Å²) in [7, 11) is 1.76. The van der Waals surface area contributed by atoms with Gasteiger partial charge in [0.15, 0.2) is 5.69 Å². The lowest BCUT2D eigenvalue weighted by Gasteiger charge is -2.40. The molecule has 2 N–H and O–H groups in total. The first-order valence-electron chi connectivity index (χ1n) is 13.4. The number of ether oxygens (including phenoxy) is 1. The van der Waals surface area contributed by atoms with E-state index in [1.807, 2.05) is 28.9 Å². The molecule has 0 spiro atoms. The first-order valence-corrected chi connectivity index (χ1v) is 13.4. The summed E-state index contributed by atoms with van der Waals surface area (Å²) in [4.78, 5) is 18.2. The first kappa shape index (κ1) is 24.7. The van der Waals surface area contributed by atoms with Crippen LogP contribution in [0.1, 0.15) is 68.9 Å². The number of aliphatic hydroxyl groups is 1. The maximum absolute atomic E-state index is 13.3. The Morgan fingerprint density at radius 3 is 2.63 bits per heavy atom. The highest BCUT2D eigenvalue weighted by Gasteiger charge is 2.42. The van der Waals surface area contributed by atoms with Crippen molar-refractivity contribution < 1.29 is 14.6 Å². The van der Waals surface area contributed by atoms with E-state index in [1.165, 1.54) is 6.42 Å². The first-order chi connectivity index (χ1) is 16.9. The second-order valence-electron chi connectivity index (χ2n) is 11.0. The molecule has 0 aliphatic carbocycles. The quantitative estimate of drug-likeness (QED) is 0.571. The molecule has 1 aromatic carbocycles. The van der Waals surface area contributed by atoms with Gasteiger partial charge in [0.1, 0.15) is 0 Å². The van der Waals surface area contributed by atoms with E-state index in [0.717, 1.165) is 69.2 Å². The molecule has 2 bridgehead atoms. The van der Waals surface area contributed by atoms with E-state index in [9.17, 15) is 9.90 Å². The molecule has 192 valence electrons. The molecule has 4 atom stereocenters. The lowest BCUT2D eigenvalue weighted by atomic mass is 9.96. The minimum absolute atomic E-state index is 0.0725. The summed E-state index contributed by atoms with van der Waals surface area (Å²) in [5.74, 6) is -0.0725. The van der Waals surface area contributed by atoms with E-state index in [4.69, 9.17) is 4.74 Å². The van der Waals surface area contributed by atoms with Crippen molar-refractivity contribution in [1.29, 1.82) is 0 Å². The summed E-state index contributed by atoms with van der Waals surface area (Å²) < 4.78 is 7.31. The molecule has 8 nitrogen and oxygen atoms in total. The van der Waals surface area contributed by atoms with Crippen LogP contribution in [-0.4, -0.2) is 94.2 Å². The number of carbonyl (C=O) groups is 1. The summed E-state index contributed by atoms with van der Waals surface area (Å²) in [6.07, 6.45) is 6.15. The zero-order chi connectivity index (χ0) is 24.5. The number of β-amino-alcohol motifs (C(OH)–C–C–N with tert-alkyl or cyclic N) is 1. The molecule has 35 heavy (non-hydrogen) atoms.